The van der Waals surface area contributed by atoms with E-state index in [1.807, 2.05) is 23.4 Å². The van der Waals surface area contributed by atoms with E-state index in [1.54, 1.807) is 12.1 Å². The first-order valence-electron chi connectivity index (χ1n) is 9.08. The van der Waals surface area contributed by atoms with Crippen molar-refractivity contribution in [3.05, 3.63) is 52.0 Å². The predicted octanol–water partition coefficient (Wildman–Crippen LogP) is 3.41. The minimum Gasteiger partial charge on any atom is -0.331 e. The van der Waals surface area contributed by atoms with Gasteiger partial charge in [-0.1, -0.05) is 29.3 Å². The van der Waals surface area contributed by atoms with Crippen molar-refractivity contribution in [3.63, 3.8) is 0 Å². The number of rotatable bonds is 4. The van der Waals surface area contributed by atoms with Crippen molar-refractivity contribution in [2.45, 2.75) is 31.8 Å². The number of halogens is 2. The summed E-state index contributed by atoms with van der Waals surface area (Å²) in [5.74, 6) is 1.10. The highest BCUT2D eigenvalue weighted by Crippen LogP contribution is 2.28. The summed E-state index contributed by atoms with van der Waals surface area (Å²) < 4.78 is 2.17. The third-order valence-corrected chi connectivity index (χ3v) is 6.03. The maximum atomic E-state index is 13.1. The average Bonchev–Trinajstić information content (AvgIpc) is 3.29. The Hall–Kier alpha value is -1.56. The maximum absolute atomic E-state index is 13.1. The van der Waals surface area contributed by atoms with E-state index >= 15 is 0 Å². The molecule has 0 saturated carbocycles. The number of imidazole rings is 1. The molecule has 0 spiro atoms. The second-order valence-corrected chi connectivity index (χ2v) is 7.83. The number of fused-ring (bicyclic) bond motifs is 1. The zero-order chi connectivity index (χ0) is 18.1. The van der Waals surface area contributed by atoms with Crippen LogP contribution in [0.2, 0.25) is 10.0 Å². The molecule has 26 heavy (non-hydrogen) atoms. The van der Waals surface area contributed by atoms with Gasteiger partial charge < -0.3 is 14.4 Å². The first-order chi connectivity index (χ1) is 12.6. The Morgan fingerprint density at radius 2 is 1.92 bits per heavy atom. The van der Waals surface area contributed by atoms with Crippen LogP contribution < -0.4 is 0 Å². The minimum absolute atomic E-state index is 0.00659. The molecule has 4 rings (SSSR count). The van der Waals surface area contributed by atoms with Crippen LogP contribution in [0.25, 0.3) is 0 Å². The molecule has 1 saturated heterocycles. The van der Waals surface area contributed by atoms with Gasteiger partial charge in [-0.3, -0.25) is 4.79 Å². The number of aromatic nitrogens is 2. The van der Waals surface area contributed by atoms with Gasteiger partial charge in [0.15, 0.2) is 0 Å². The van der Waals surface area contributed by atoms with E-state index in [4.69, 9.17) is 23.2 Å². The minimum atomic E-state index is 0.00659. The Morgan fingerprint density at radius 1 is 1.12 bits per heavy atom. The van der Waals surface area contributed by atoms with Crippen LogP contribution in [0.3, 0.4) is 0 Å². The van der Waals surface area contributed by atoms with E-state index in [0.29, 0.717) is 23.0 Å². The topological polar surface area (TPSA) is 41.4 Å². The van der Waals surface area contributed by atoms with Crippen molar-refractivity contribution in [3.8, 4) is 0 Å². The van der Waals surface area contributed by atoms with E-state index in [2.05, 4.69) is 14.5 Å². The highest BCUT2D eigenvalue weighted by Gasteiger charge is 2.33. The van der Waals surface area contributed by atoms with Crippen molar-refractivity contribution in [1.82, 2.24) is 19.4 Å². The second-order valence-electron chi connectivity index (χ2n) is 7.01. The molecule has 1 amide bonds. The molecular weight excluding hydrogens is 371 g/mol. The largest absolute Gasteiger partial charge is 0.331 e. The molecule has 3 heterocycles. The summed E-state index contributed by atoms with van der Waals surface area (Å²) in [6.45, 7) is 4.56. The summed E-state index contributed by atoms with van der Waals surface area (Å²) in [7, 11) is 0. The van der Waals surface area contributed by atoms with E-state index in [0.717, 1.165) is 37.6 Å². The molecule has 2 aliphatic rings. The molecule has 0 radical (unpaired) electrons. The summed E-state index contributed by atoms with van der Waals surface area (Å²) in [5.41, 5.74) is 0.887. The second kappa shape index (κ2) is 7.59. The van der Waals surface area contributed by atoms with Gasteiger partial charge in [0.25, 0.3) is 0 Å². The summed E-state index contributed by atoms with van der Waals surface area (Å²) in [6.07, 6.45) is 6.64. The van der Waals surface area contributed by atoms with Gasteiger partial charge in [0.2, 0.25) is 5.91 Å². The smallest absolute Gasteiger partial charge is 0.227 e. The number of likely N-dealkylation sites (tertiary alicyclic amines) is 1. The standard InChI is InChI=1S/C19H22Cl2N4O/c20-15-4-3-14(11-16(15)21)12-18(26)25-10-9-24-8-5-22-19(24)17(25)13-23-6-1-2-7-23/h3-5,8,11,17H,1-2,6-7,9-10,12-13H2/t17-/m1/s1. The van der Waals surface area contributed by atoms with Gasteiger partial charge in [-0.2, -0.15) is 0 Å². The molecule has 2 aromatic rings. The third-order valence-electron chi connectivity index (χ3n) is 5.29. The van der Waals surface area contributed by atoms with E-state index in [-0.39, 0.29) is 11.9 Å². The lowest BCUT2D eigenvalue weighted by molar-refractivity contribution is -0.134. The molecule has 0 bridgehead atoms. The van der Waals surface area contributed by atoms with Crippen LogP contribution in [0, 0.1) is 0 Å². The Bertz CT molecular complexity index is 801. The van der Waals surface area contributed by atoms with Crippen LogP contribution in [0.1, 0.15) is 30.3 Å². The molecule has 2 aliphatic heterocycles. The monoisotopic (exact) mass is 392 g/mol. The number of hydrogen-bond donors (Lipinski definition) is 0. The number of benzene rings is 1. The van der Waals surface area contributed by atoms with Crippen molar-refractivity contribution in [2.75, 3.05) is 26.2 Å². The summed E-state index contributed by atoms with van der Waals surface area (Å²) >= 11 is 12.1. The van der Waals surface area contributed by atoms with Gasteiger partial charge in [-0.05, 0) is 43.6 Å². The molecule has 0 aliphatic carbocycles. The van der Waals surface area contributed by atoms with Crippen LogP contribution >= 0.6 is 23.2 Å². The predicted molar refractivity (Wildman–Crippen MR) is 103 cm³/mol. The summed E-state index contributed by atoms with van der Waals surface area (Å²) in [5, 5.41) is 0.995. The zero-order valence-electron chi connectivity index (χ0n) is 14.6. The van der Waals surface area contributed by atoms with Crippen molar-refractivity contribution in [2.24, 2.45) is 0 Å². The lowest BCUT2D eigenvalue weighted by Gasteiger charge is -2.38. The number of hydrogen-bond acceptors (Lipinski definition) is 3. The van der Waals surface area contributed by atoms with Crippen LogP contribution in [-0.4, -0.2) is 51.4 Å². The Kier molecular flexibility index (Phi) is 5.20. The first kappa shape index (κ1) is 17.8. The fraction of sp³-hybridized carbons (Fsp3) is 0.474. The van der Waals surface area contributed by atoms with E-state index in [1.165, 1.54) is 12.8 Å². The van der Waals surface area contributed by atoms with Crippen molar-refractivity contribution < 1.29 is 4.79 Å². The number of carbonyl (C=O) groups excluding carboxylic acids is 1. The van der Waals surface area contributed by atoms with Crippen LogP contribution in [-0.2, 0) is 17.8 Å². The Morgan fingerprint density at radius 3 is 2.69 bits per heavy atom. The lowest BCUT2D eigenvalue weighted by Crippen LogP contribution is -2.47. The number of amides is 1. The van der Waals surface area contributed by atoms with Gasteiger partial charge in [0, 0.05) is 32.0 Å². The normalized spacial score (nSPS) is 20.4. The molecule has 0 unspecified atom stereocenters. The molecule has 7 heteroatoms. The molecule has 5 nitrogen and oxygen atoms in total. The maximum Gasteiger partial charge on any atom is 0.227 e. The molecule has 1 aromatic heterocycles. The van der Waals surface area contributed by atoms with Gasteiger partial charge in [-0.15, -0.1) is 0 Å². The quantitative estimate of drug-likeness (QED) is 0.800. The summed E-state index contributed by atoms with van der Waals surface area (Å²) in [4.78, 5) is 22.1. The molecule has 1 atom stereocenters. The number of carbonyl (C=O) groups is 1. The molecule has 0 N–H and O–H groups in total. The average molecular weight is 393 g/mol. The SMILES string of the molecule is O=C(Cc1ccc(Cl)c(Cl)c1)N1CCn2ccnc2[C@H]1CN1CCCC1. The van der Waals surface area contributed by atoms with Crippen LogP contribution in [0.15, 0.2) is 30.6 Å². The fourth-order valence-corrected chi connectivity index (χ4v) is 4.25. The van der Waals surface area contributed by atoms with Gasteiger partial charge in [0.1, 0.15) is 11.9 Å². The highest BCUT2D eigenvalue weighted by atomic mass is 35.5. The molecule has 138 valence electrons. The zero-order valence-corrected chi connectivity index (χ0v) is 16.1. The highest BCUT2D eigenvalue weighted by molar-refractivity contribution is 6.42. The van der Waals surface area contributed by atoms with Crippen LogP contribution in [0.5, 0.6) is 0 Å². The molecule has 1 aromatic carbocycles. The van der Waals surface area contributed by atoms with Gasteiger partial charge in [-0.25, -0.2) is 4.98 Å². The van der Waals surface area contributed by atoms with E-state index in [9.17, 15) is 4.79 Å². The van der Waals surface area contributed by atoms with Gasteiger partial charge in [0.05, 0.1) is 16.5 Å². The lowest BCUT2D eigenvalue weighted by atomic mass is 10.1. The van der Waals surface area contributed by atoms with Crippen LogP contribution in [0.4, 0.5) is 0 Å². The first-order valence-corrected chi connectivity index (χ1v) is 9.84. The third kappa shape index (κ3) is 3.61. The number of nitrogens with zero attached hydrogens (tertiary/aromatic N) is 4. The molecule has 1 fully saturated rings. The van der Waals surface area contributed by atoms with Crippen molar-refractivity contribution in [1.29, 1.82) is 0 Å². The van der Waals surface area contributed by atoms with Crippen molar-refractivity contribution >= 4 is 29.1 Å². The fourth-order valence-electron chi connectivity index (χ4n) is 3.93. The Labute approximate surface area is 163 Å². The summed E-state index contributed by atoms with van der Waals surface area (Å²) in [6, 6.07) is 5.40. The Balaban J connectivity index is 1.54. The van der Waals surface area contributed by atoms with E-state index < -0.39 is 0 Å². The van der Waals surface area contributed by atoms with Gasteiger partial charge >= 0.3 is 0 Å². The molecular formula is C19H22Cl2N4O.